The second kappa shape index (κ2) is 6.50. The Morgan fingerprint density at radius 1 is 1.17 bits per heavy atom. The van der Waals surface area contributed by atoms with Crippen LogP contribution in [-0.4, -0.2) is 16.1 Å². The average Bonchev–Trinajstić information content (AvgIpc) is 3.17. The van der Waals surface area contributed by atoms with Crippen molar-refractivity contribution in [2.24, 2.45) is 0 Å². The molecule has 0 amide bonds. The minimum absolute atomic E-state index is 0.0720. The number of aromatic carboxylic acids is 1. The highest BCUT2D eigenvalue weighted by atomic mass is 16.4. The lowest BCUT2D eigenvalue weighted by Crippen LogP contribution is -2.14. The molecule has 0 spiro atoms. The predicted octanol–water partition coefficient (Wildman–Crippen LogP) is 3.23. The zero-order valence-electron chi connectivity index (χ0n) is 12.6. The first kappa shape index (κ1) is 15.1. The van der Waals surface area contributed by atoms with Crippen molar-refractivity contribution in [2.45, 2.75) is 20.0 Å². The Balaban J connectivity index is 1.60. The van der Waals surface area contributed by atoms with Crippen LogP contribution in [0.4, 0.5) is 0 Å². The minimum Gasteiger partial charge on any atom is -0.476 e. The second-order valence-electron chi connectivity index (χ2n) is 5.16. The Morgan fingerprint density at radius 2 is 1.96 bits per heavy atom. The molecule has 1 aromatic carbocycles. The third kappa shape index (κ3) is 3.49. The van der Waals surface area contributed by atoms with Gasteiger partial charge in [0.25, 0.3) is 0 Å². The summed E-state index contributed by atoms with van der Waals surface area (Å²) in [6.45, 7) is 2.77. The number of hydrogen-bond acceptors (Lipinski definition) is 5. The monoisotopic (exact) mass is 312 g/mol. The van der Waals surface area contributed by atoms with Crippen molar-refractivity contribution in [1.29, 1.82) is 0 Å². The summed E-state index contributed by atoms with van der Waals surface area (Å²) >= 11 is 0. The van der Waals surface area contributed by atoms with Crippen molar-refractivity contribution in [2.75, 3.05) is 0 Å². The summed E-state index contributed by atoms with van der Waals surface area (Å²) < 4.78 is 10.8. The molecule has 0 unspecified atom stereocenters. The van der Waals surface area contributed by atoms with E-state index >= 15 is 0 Å². The van der Waals surface area contributed by atoms with Crippen LogP contribution >= 0.6 is 0 Å². The minimum atomic E-state index is -1.10. The van der Waals surface area contributed by atoms with Gasteiger partial charge in [-0.25, -0.2) is 9.78 Å². The van der Waals surface area contributed by atoms with E-state index < -0.39 is 5.97 Å². The molecule has 0 bridgehead atoms. The van der Waals surface area contributed by atoms with Crippen LogP contribution in [-0.2, 0) is 13.1 Å². The Labute approximate surface area is 132 Å². The van der Waals surface area contributed by atoms with Crippen molar-refractivity contribution in [3.63, 3.8) is 0 Å². The number of rotatable bonds is 6. The van der Waals surface area contributed by atoms with Crippen LogP contribution < -0.4 is 5.32 Å². The van der Waals surface area contributed by atoms with Gasteiger partial charge < -0.3 is 19.3 Å². The van der Waals surface area contributed by atoms with E-state index in [9.17, 15) is 4.79 Å². The number of carboxylic acid groups (broad SMARTS) is 1. The third-order valence-electron chi connectivity index (χ3n) is 3.43. The van der Waals surface area contributed by atoms with Crippen LogP contribution in [0.25, 0.3) is 11.3 Å². The van der Waals surface area contributed by atoms with Gasteiger partial charge in [0.1, 0.15) is 11.5 Å². The van der Waals surface area contributed by atoms with Gasteiger partial charge in [0.2, 0.25) is 0 Å². The molecule has 2 N–H and O–H groups in total. The molecule has 3 aromatic rings. The van der Waals surface area contributed by atoms with Crippen molar-refractivity contribution in [3.8, 4) is 11.3 Å². The van der Waals surface area contributed by atoms with E-state index in [4.69, 9.17) is 13.9 Å². The molecule has 0 saturated carbocycles. The van der Waals surface area contributed by atoms with Crippen LogP contribution in [0.3, 0.4) is 0 Å². The molecule has 0 fully saturated rings. The van der Waals surface area contributed by atoms with Crippen molar-refractivity contribution in [1.82, 2.24) is 10.3 Å². The number of carbonyl (C=O) groups is 1. The molecule has 0 aliphatic rings. The van der Waals surface area contributed by atoms with Gasteiger partial charge in [0.15, 0.2) is 17.8 Å². The normalized spacial score (nSPS) is 10.8. The zero-order chi connectivity index (χ0) is 16.2. The number of nitrogens with one attached hydrogen (secondary N) is 1. The summed E-state index contributed by atoms with van der Waals surface area (Å²) in [6.07, 6.45) is 1.13. The number of nitrogens with zero attached hydrogens (tertiary/aromatic N) is 1. The fraction of sp³-hybridized carbons (Fsp3) is 0.176. The van der Waals surface area contributed by atoms with Crippen molar-refractivity contribution < 1.29 is 18.7 Å². The molecular formula is C17H16N2O4. The van der Waals surface area contributed by atoms with E-state index in [0.29, 0.717) is 12.3 Å². The molecular weight excluding hydrogens is 296 g/mol. The first-order valence-electron chi connectivity index (χ1n) is 7.15. The largest absolute Gasteiger partial charge is 0.476 e. The Hall–Kier alpha value is -2.86. The van der Waals surface area contributed by atoms with E-state index in [0.717, 1.165) is 23.5 Å². The van der Waals surface area contributed by atoms with Gasteiger partial charge in [-0.1, -0.05) is 29.8 Å². The van der Waals surface area contributed by atoms with Crippen LogP contribution in [0.15, 0.2) is 51.6 Å². The van der Waals surface area contributed by atoms with Crippen LogP contribution in [0.2, 0.25) is 0 Å². The Morgan fingerprint density at radius 3 is 2.70 bits per heavy atom. The molecule has 2 aromatic heterocycles. The van der Waals surface area contributed by atoms with Crippen LogP contribution in [0.5, 0.6) is 0 Å². The molecule has 0 radical (unpaired) electrons. The molecule has 6 nitrogen and oxygen atoms in total. The number of benzene rings is 1. The van der Waals surface area contributed by atoms with Gasteiger partial charge in [-0.2, -0.15) is 0 Å². The first-order valence-corrected chi connectivity index (χ1v) is 7.15. The fourth-order valence-electron chi connectivity index (χ4n) is 2.22. The molecule has 3 rings (SSSR count). The van der Waals surface area contributed by atoms with E-state index in [1.54, 1.807) is 0 Å². The maximum Gasteiger partial charge on any atom is 0.358 e. The lowest BCUT2D eigenvalue weighted by molar-refractivity contribution is 0.0688. The van der Waals surface area contributed by atoms with E-state index in [1.807, 2.05) is 43.3 Å². The predicted molar refractivity (Wildman–Crippen MR) is 82.9 cm³/mol. The number of aromatic nitrogens is 1. The number of oxazole rings is 1. The quantitative estimate of drug-likeness (QED) is 0.726. The lowest BCUT2D eigenvalue weighted by Gasteiger charge is -2.01. The SMILES string of the molecule is Cc1ccc(-c2ccc(CNCc3ocnc3C(=O)O)o2)cc1. The highest BCUT2D eigenvalue weighted by Gasteiger charge is 2.15. The van der Waals surface area contributed by atoms with Crippen molar-refractivity contribution in [3.05, 3.63) is 65.6 Å². The summed E-state index contributed by atoms with van der Waals surface area (Å²) in [5, 5.41) is 12.0. The van der Waals surface area contributed by atoms with Crippen LogP contribution in [0.1, 0.15) is 27.6 Å². The van der Waals surface area contributed by atoms with Crippen LogP contribution in [0, 0.1) is 6.92 Å². The summed E-state index contributed by atoms with van der Waals surface area (Å²) in [4.78, 5) is 14.6. The van der Waals surface area contributed by atoms with E-state index in [-0.39, 0.29) is 12.2 Å². The number of hydrogen-bond donors (Lipinski definition) is 2. The summed E-state index contributed by atoms with van der Waals surface area (Å²) in [5.74, 6) is 0.752. The molecule has 23 heavy (non-hydrogen) atoms. The van der Waals surface area contributed by atoms with Gasteiger partial charge >= 0.3 is 5.97 Å². The highest BCUT2D eigenvalue weighted by molar-refractivity contribution is 5.86. The number of furan rings is 1. The zero-order valence-corrected chi connectivity index (χ0v) is 12.6. The Bertz CT molecular complexity index is 802. The lowest BCUT2D eigenvalue weighted by atomic mass is 10.1. The summed E-state index contributed by atoms with van der Waals surface area (Å²) in [6, 6.07) is 11.9. The van der Waals surface area contributed by atoms with E-state index in [1.165, 1.54) is 5.56 Å². The van der Waals surface area contributed by atoms with E-state index in [2.05, 4.69) is 10.3 Å². The second-order valence-corrected chi connectivity index (χ2v) is 5.16. The standard InChI is InChI=1S/C17H16N2O4/c1-11-2-4-12(5-3-11)14-7-6-13(23-14)8-18-9-15-16(17(20)21)19-10-22-15/h2-7,10,18H,8-9H2,1H3,(H,20,21). The molecule has 0 aliphatic heterocycles. The van der Waals surface area contributed by atoms with Gasteiger partial charge in [0, 0.05) is 5.56 Å². The Kier molecular flexibility index (Phi) is 4.25. The molecule has 2 heterocycles. The van der Waals surface area contributed by atoms with Gasteiger partial charge in [-0.05, 0) is 19.1 Å². The van der Waals surface area contributed by atoms with Crippen molar-refractivity contribution >= 4 is 5.97 Å². The van der Waals surface area contributed by atoms with Gasteiger partial charge in [-0.3, -0.25) is 0 Å². The maximum absolute atomic E-state index is 10.9. The molecule has 0 atom stereocenters. The maximum atomic E-state index is 10.9. The molecule has 0 aliphatic carbocycles. The third-order valence-corrected chi connectivity index (χ3v) is 3.43. The molecule has 6 heteroatoms. The number of carboxylic acids is 1. The first-order chi connectivity index (χ1) is 11.1. The fourth-order valence-corrected chi connectivity index (χ4v) is 2.22. The highest BCUT2D eigenvalue weighted by Crippen LogP contribution is 2.22. The molecule has 0 saturated heterocycles. The smallest absolute Gasteiger partial charge is 0.358 e. The summed E-state index contributed by atoms with van der Waals surface area (Å²) in [5.41, 5.74) is 2.14. The van der Waals surface area contributed by atoms with Gasteiger partial charge in [-0.15, -0.1) is 0 Å². The van der Waals surface area contributed by atoms with Gasteiger partial charge in [0.05, 0.1) is 13.1 Å². The summed E-state index contributed by atoms with van der Waals surface area (Å²) in [7, 11) is 0. The number of aryl methyl sites for hydroxylation is 1. The average molecular weight is 312 g/mol. The molecule has 118 valence electrons. The topological polar surface area (TPSA) is 88.5 Å².